The SMILES string of the molecule is COc1ccc(Cn2nnnc2SCc2coc(-c3cccc(F)c3)n2)cc1. The highest BCUT2D eigenvalue weighted by atomic mass is 32.2. The molecule has 28 heavy (non-hydrogen) atoms. The first-order valence-electron chi connectivity index (χ1n) is 8.43. The molecule has 0 saturated carbocycles. The first kappa shape index (κ1) is 18.2. The van der Waals surface area contributed by atoms with Crippen molar-refractivity contribution in [1.82, 2.24) is 25.2 Å². The predicted molar refractivity (Wildman–Crippen MR) is 101 cm³/mol. The molecule has 7 nitrogen and oxygen atoms in total. The van der Waals surface area contributed by atoms with Crippen LogP contribution in [0.4, 0.5) is 4.39 Å². The summed E-state index contributed by atoms with van der Waals surface area (Å²) in [5, 5.41) is 12.5. The zero-order chi connectivity index (χ0) is 19.3. The van der Waals surface area contributed by atoms with Gasteiger partial charge in [0.25, 0.3) is 0 Å². The third kappa shape index (κ3) is 4.20. The Morgan fingerprint density at radius 1 is 1.18 bits per heavy atom. The molecule has 0 spiro atoms. The van der Waals surface area contributed by atoms with Gasteiger partial charge < -0.3 is 9.15 Å². The molecule has 0 bridgehead atoms. The van der Waals surface area contributed by atoms with Crippen LogP contribution >= 0.6 is 11.8 Å². The Hall–Kier alpha value is -3.20. The van der Waals surface area contributed by atoms with Gasteiger partial charge in [0.2, 0.25) is 11.0 Å². The van der Waals surface area contributed by atoms with Gasteiger partial charge in [0.05, 0.1) is 19.3 Å². The second-order valence-electron chi connectivity index (χ2n) is 5.91. The number of aromatic nitrogens is 5. The van der Waals surface area contributed by atoms with Gasteiger partial charge in [-0.05, 0) is 46.3 Å². The highest BCUT2D eigenvalue weighted by molar-refractivity contribution is 7.98. The Kier molecular flexibility index (Phi) is 5.34. The number of hydrogen-bond donors (Lipinski definition) is 0. The Labute approximate surface area is 164 Å². The second-order valence-corrected chi connectivity index (χ2v) is 6.85. The molecule has 0 radical (unpaired) electrons. The lowest BCUT2D eigenvalue weighted by Crippen LogP contribution is -2.04. The van der Waals surface area contributed by atoms with Crippen LogP contribution in [0, 0.1) is 5.82 Å². The van der Waals surface area contributed by atoms with Gasteiger partial charge in [0, 0.05) is 11.3 Å². The van der Waals surface area contributed by atoms with Crippen molar-refractivity contribution in [3.8, 4) is 17.2 Å². The molecule has 0 aliphatic rings. The van der Waals surface area contributed by atoms with Crippen LogP contribution in [0.3, 0.4) is 0 Å². The summed E-state index contributed by atoms with van der Waals surface area (Å²) in [4.78, 5) is 4.41. The quantitative estimate of drug-likeness (QED) is 0.439. The van der Waals surface area contributed by atoms with E-state index >= 15 is 0 Å². The van der Waals surface area contributed by atoms with Gasteiger partial charge in [-0.2, -0.15) is 0 Å². The Balaban J connectivity index is 1.41. The molecule has 2 aromatic heterocycles. The van der Waals surface area contributed by atoms with Crippen molar-refractivity contribution in [2.75, 3.05) is 7.11 Å². The zero-order valence-corrected chi connectivity index (χ0v) is 15.8. The minimum Gasteiger partial charge on any atom is -0.497 e. The number of methoxy groups -OCH3 is 1. The topological polar surface area (TPSA) is 78.9 Å². The normalized spacial score (nSPS) is 10.9. The summed E-state index contributed by atoms with van der Waals surface area (Å²) in [6.07, 6.45) is 1.56. The first-order chi connectivity index (χ1) is 13.7. The third-order valence-electron chi connectivity index (χ3n) is 3.96. The van der Waals surface area contributed by atoms with Crippen molar-refractivity contribution in [3.05, 3.63) is 71.9 Å². The fourth-order valence-electron chi connectivity index (χ4n) is 2.57. The van der Waals surface area contributed by atoms with Crippen LogP contribution in [0.5, 0.6) is 5.75 Å². The van der Waals surface area contributed by atoms with E-state index in [0.29, 0.717) is 28.9 Å². The van der Waals surface area contributed by atoms with Crippen LogP contribution in [0.2, 0.25) is 0 Å². The molecule has 0 aliphatic heterocycles. The predicted octanol–water partition coefficient (Wildman–Crippen LogP) is 3.82. The van der Waals surface area contributed by atoms with Crippen LogP contribution in [-0.2, 0) is 12.3 Å². The lowest BCUT2D eigenvalue weighted by Gasteiger charge is -2.05. The Bertz CT molecular complexity index is 1060. The molecule has 4 rings (SSSR count). The third-order valence-corrected chi connectivity index (χ3v) is 4.95. The second kappa shape index (κ2) is 8.22. The standard InChI is InChI=1S/C19H16FN5O2S/c1-26-17-7-5-13(6-8-17)10-25-19(22-23-24-25)28-12-16-11-27-18(21-16)14-3-2-4-15(20)9-14/h2-9,11H,10,12H2,1H3. The largest absolute Gasteiger partial charge is 0.497 e. The molecule has 0 saturated heterocycles. The highest BCUT2D eigenvalue weighted by Gasteiger charge is 2.12. The monoisotopic (exact) mass is 397 g/mol. The lowest BCUT2D eigenvalue weighted by molar-refractivity contribution is 0.414. The van der Waals surface area contributed by atoms with E-state index in [1.165, 1.54) is 23.9 Å². The number of hydrogen-bond acceptors (Lipinski definition) is 7. The van der Waals surface area contributed by atoms with Gasteiger partial charge >= 0.3 is 0 Å². The van der Waals surface area contributed by atoms with Crippen molar-refractivity contribution in [1.29, 1.82) is 0 Å². The molecule has 2 aromatic carbocycles. The van der Waals surface area contributed by atoms with Crippen LogP contribution < -0.4 is 4.74 Å². The molecule has 142 valence electrons. The van der Waals surface area contributed by atoms with Gasteiger partial charge in [-0.3, -0.25) is 0 Å². The van der Waals surface area contributed by atoms with Gasteiger partial charge in [-0.1, -0.05) is 30.0 Å². The zero-order valence-electron chi connectivity index (χ0n) is 14.9. The van der Waals surface area contributed by atoms with E-state index in [-0.39, 0.29) is 5.82 Å². The summed E-state index contributed by atoms with van der Waals surface area (Å²) in [5.74, 6) is 1.38. The van der Waals surface area contributed by atoms with Crippen LogP contribution in [0.15, 0.2) is 64.4 Å². The fourth-order valence-corrected chi connectivity index (χ4v) is 3.32. The van der Waals surface area contributed by atoms with E-state index < -0.39 is 0 Å². The van der Waals surface area contributed by atoms with E-state index in [4.69, 9.17) is 9.15 Å². The number of halogens is 1. The smallest absolute Gasteiger partial charge is 0.226 e. The van der Waals surface area contributed by atoms with Crippen molar-refractivity contribution in [2.24, 2.45) is 0 Å². The molecule has 0 aliphatic carbocycles. The van der Waals surface area contributed by atoms with E-state index in [0.717, 1.165) is 17.0 Å². The maximum Gasteiger partial charge on any atom is 0.226 e. The molecule has 2 heterocycles. The summed E-state index contributed by atoms with van der Waals surface area (Å²) in [7, 11) is 1.63. The van der Waals surface area contributed by atoms with Gasteiger partial charge in [0.1, 0.15) is 17.8 Å². The highest BCUT2D eigenvalue weighted by Crippen LogP contribution is 2.24. The van der Waals surface area contributed by atoms with Gasteiger partial charge in [0.15, 0.2) is 0 Å². The van der Waals surface area contributed by atoms with E-state index in [1.54, 1.807) is 30.2 Å². The molecule has 0 N–H and O–H groups in total. The number of rotatable bonds is 7. The van der Waals surface area contributed by atoms with E-state index in [2.05, 4.69) is 20.5 Å². The lowest BCUT2D eigenvalue weighted by atomic mass is 10.2. The molecule has 9 heteroatoms. The summed E-state index contributed by atoms with van der Waals surface area (Å²) in [5.41, 5.74) is 2.38. The minimum absolute atomic E-state index is 0.329. The molecule has 0 fully saturated rings. The van der Waals surface area contributed by atoms with Crippen LogP contribution in [0.25, 0.3) is 11.5 Å². The number of tetrazole rings is 1. The molecular formula is C19H16FN5O2S. The Morgan fingerprint density at radius 3 is 2.82 bits per heavy atom. The van der Waals surface area contributed by atoms with Crippen molar-refractivity contribution in [2.45, 2.75) is 17.5 Å². The molecule has 4 aromatic rings. The number of thioether (sulfide) groups is 1. The first-order valence-corrected chi connectivity index (χ1v) is 9.42. The number of ether oxygens (including phenoxy) is 1. The Morgan fingerprint density at radius 2 is 2.04 bits per heavy atom. The molecular weight excluding hydrogens is 381 g/mol. The van der Waals surface area contributed by atoms with Crippen molar-refractivity contribution < 1.29 is 13.5 Å². The van der Waals surface area contributed by atoms with E-state index in [1.807, 2.05) is 24.3 Å². The summed E-state index contributed by atoms with van der Waals surface area (Å²) >= 11 is 1.45. The minimum atomic E-state index is -0.329. The van der Waals surface area contributed by atoms with Gasteiger partial charge in [-0.15, -0.1) is 5.10 Å². The molecule has 0 atom stereocenters. The maximum absolute atomic E-state index is 13.4. The van der Waals surface area contributed by atoms with Gasteiger partial charge in [-0.25, -0.2) is 14.1 Å². The number of benzene rings is 2. The van der Waals surface area contributed by atoms with Crippen molar-refractivity contribution >= 4 is 11.8 Å². The molecule has 0 amide bonds. The number of nitrogens with zero attached hydrogens (tertiary/aromatic N) is 5. The molecule has 0 unspecified atom stereocenters. The number of oxazole rings is 1. The van der Waals surface area contributed by atoms with Crippen molar-refractivity contribution in [3.63, 3.8) is 0 Å². The average Bonchev–Trinajstić information content (AvgIpc) is 3.36. The average molecular weight is 397 g/mol. The summed E-state index contributed by atoms with van der Waals surface area (Å²) in [6, 6.07) is 13.9. The summed E-state index contributed by atoms with van der Waals surface area (Å²) < 4.78 is 25.7. The maximum atomic E-state index is 13.4. The summed E-state index contributed by atoms with van der Waals surface area (Å²) in [6.45, 7) is 0.548. The van der Waals surface area contributed by atoms with Crippen LogP contribution in [-0.4, -0.2) is 32.3 Å². The van der Waals surface area contributed by atoms with E-state index in [9.17, 15) is 4.39 Å². The fraction of sp³-hybridized carbons (Fsp3) is 0.158. The van der Waals surface area contributed by atoms with Crippen LogP contribution in [0.1, 0.15) is 11.3 Å².